The molecule has 0 aliphatic rings. The van der Waals surface area contributed by atoms with Gasteiger partial charge in [0.2, 0.25) is 0 Å². The van der Waals surface area contributed by atoms with Gasteiger partial charge in [0.1, 0.15) is 0 Å². The van der Waals surface area contributed by atoms with Crippen LogP contribution in [-0.2, 0) is 4.74 Å². The van der Waals surface area contributed by atoms with Crippen molar-refractivity contribution in [2.24, 2.45) is 0 Å². The molecule has 0 radical (unpaired) electrons. The fourth-order valence-corrected chi connectivity index (χ4v) is 1.50. The van der Waals surface area contributed by atoms with Crippen molar-refractivity contribution in [2.45, 2.75) is 65.5 Å². The molecular formula is C12H27NO. The van der Waals surface area contributed by atoms with E-state index in [1.165, 1.54) is 19.3 Å². The summed E-state index contributed by atoms with van der Waals surface area (Å²) in [5, 5.41) is 3.52. The topological polar surface area (TPSA) is 21.3 Å². The lowest BCUT2D eigenvalue weighted by Gasteiger charge is -2.24. The van der Waals surface area contributed by atoms with E-state index in [1.54, 1.807) is 0 Å². The van der Waals surface area contributed by atoms with Crippen LogP contribution in [0.25, 0.3) is 0 Å². The van der Waals surface area contributed by atoms with Gasteiger partial charge in [-0.1, -0.05) is 27.2 Å². The molecule has 86 valence electrons. The number of hydrogen-bond acceptors (Lipinski definition) is 2. The van der Waals surface area contributed by atoms with Crippen LogP contribution in [0.1, 0.15) is 53.4 Å². The van der Waals surface area contributed by atoms with Gasteiger partial charge >= 0.3 is 0 Å². The average Bonchev–Trinajstić information content (AvgIpc) is 2.19. The molecule has 0 bridgehead atoms. The Labute approximate surface area is 89.4 Å². The summed E-state index contributed by atoms with van der Waals surface area (Å²) in [6.07, 6.45) is 5.07. The monoisotopic (exact) mass is 201 g/mol. The van der Waals surface area contributed by atoms with Crippen LogP contribution in [-0.4, -0.2) is 25.3 Å². The van der Waals surface area contributed by atoms with Crippen molar-refractivity contribution < 1.29 is 4.74 Å². The molecule has 0 saturated heterocycles. The molecule has 0 spiro atoms. The van der Waals surface area contributed by atoms with Gasteiger partial charge in [-0.05, 0) is 32.7 Å². The van der Waals surface area contributed by atoms with Crippen LogP contribution in [0.15, 0.2) is 0 Å². The summed E-state index contributed by atoms with van der Waals surface area (Å²) in [5.41, 5.74) is 0. The first-order valence-electron chi connectivity index (χ1n) is 6.11. The van der Waals surface area contributed by atoms with Gasteiger partial charge in [-0.25, -0.2) is 0 Å². The molecule has 0 fully saturated rings. The van der Waals surface area contributed by atoms with Crippen molar-refractivity contribution in [1.29, 1.82) is 0 Å². The van der Waals surface area contributed by atoms with Crippen LogP contribution < -0.4 is 5.32 Å². The van der Waals surface area contributed by atoms with Gasteiger partial charge in [0.15, 0.2) is 0 Å². The first-order chi connectivity index (χ1) is 6.76. The zero-order valence-corrected chi connectivity index (χ0v) is 10.3. The first kappa shape index (κ1) is 13.9. The zero-order chi connectivity index (χ0) is 10.8. The number of nitrogens with one attached hydrogen (secondary N) is 1. The van der Waals surface area contributed by atoms with E-state index in [0.717, 1.165) is 19.6 Å². The lowest BCUT2D eigenvalue weighted by Crippen LogP contribution is -2.39. The maximum Gasteiger partial charge on any atom is 0.0699 e. The number of unbranched alkanes of at least 4 members (excludes halogenated alkanes) is 1. The van der Waals surface area contributed by atoms with E-state index in [4.69, 9.17) is 4.74 Å². The molecule has 0 aliphatic carbocycles. The highest BCUT2D eigenvalue weighted by Crippen LogP contribution is 2.04. The summed E-state index contributed by atoms with van der Waals surface area (Å²) in [4.78, 5) is 0. The predicted octanol–water partition coefficient (Wildman–Crippen LogP) is 2.97. The Morgan fingerprint density at radius 2 is 1.86 bits per heavy atom. The van der Waals surface area contributed by atoms with Crippen molar-refractivity contribution in [1.82, 2.24) is 5.32 Å². The highest BCUT2D eigenvalue weighted by Gasteiger charge is 2.14. The molecule has 0 heterocycles. The first-order valence-corrected chi connectivity index (χ1v) is 6.11. The highest BCUT2D eigenvalue weighted by atomic mass is 16.5. The summed E-state index contributed by atoms with van der Waals surface area (Å²) in [7, 11) is 0. The predicted molar refractivity (Wildman–Crippen MR) is 62.7 cm³/mol. The van der Waals surface area contributed by atoms with E-state index >= 15 is 0 Å². The maximum atomic E-state index is 5.77. The largest absolute Gasteiger partial charge is 0.377 e. The van der Waals surface area contributed by atoms with Crippen LogP contribution in [0, 0.1) is 0 Å². The van der Waals surface area contributed by atoms with Crippen LogP contribution in [0.5, 0.6) is 0 Å². The van der Waals surface area contributed by atoms with Crippen molar-refractivity contribution >= 4 is 0 Å². The summed E-state index contributed by atoms with van der Waals surface area (Å²) >= 11 is 0. The molecular weight excluding hydrogens is 174 g/mol. The molecule has 14 heavy (non-hydrogen) atoms. The number of rotatable bonds is 9. The van der Waals surface area contributed by atoms with Crippen molar-refractivity contribution in [3.63, 3.8) is 0 Å². The van der Waals surface area contributed by atoms with E-state index in [1.807, 2.05) is 0 Å². The van der Waals surface area contributed by atoms with Gasteiger partial charge in [-0.2, -0.15) is 0 Å². The fraction of sp³-hybridized carbons (Fsp3) is 1.00. The van der Waals surface area contributed by atoms with E-state index in [9.17, 15) is 0 Å². The lowest BCUT2D eigenvalue weighted by molar-refractivity contribution is 0.0363. The van der Waals surface area contributed by atoms with Crippen LogP contribution in [0.3, 0.4) is 0 Å². The van der Waals surface area contributed by atoms with Crippen LogP contribution >= 0.6 is 0 Å². The molecule has 0 aromatic carbocycles. The second kappa shape index (κ2) is 9.47. The summed E-state index contributed by atoms with van der Waals surface area (Å²) in [5.74, 6) is 0. The Balaban J connectivity index is 3.61. The number of ether oxygens (including phenoxy) is 1. The molecule has 0 aliphatic heterocycles. The number of hydrogen-bond donors (Lipinski definition) is 1. The molecule has 0 saturated carbocycles. The molecule has 0 amide bonds. The van der Waals surface area contributed by atoms with E-state index in [2.05, 4.69) is 33.0 Å². The van der Waals surface area contributed by atoms with Crippen LogP contribution in [0.4, 0.5) is 0 Å². The highest BCUT2D eigenvalue weighted by molar-refractivity contribution is 4.71. The summed E-state index contributed by atoms with van der Waals surface area (Å²) in [6.45, 7) is 10.8. The Hall–Kier alpha value is -0.0800. The summed E-state index contributed by atoms with van der Waals surface area (Å²) < 4.78 is 5.77. The van der Waals surface area contributed by atoms with Gasteiger partial charge in [-0.15, -0.1) is 0 Å². The molecule has 2 nitrogen and oxygen atoms in total. The van der Waals surface area contributed by atoms with E-state index in [-0.39, 0.29) is 0 Å². The van der Waals surface area contributed by atoms with Gasteiger partial charge in [0.05, 0.1) is 6.10 Å². The Bertz CT molecular complexity index is 117. The molecule has 2 heteroatoms. The second-order valence-corrected chi connectivity index (χ2v) is 3.90. The van der Waals surface area contributed by atoms with Gasteiger partial charge in [0.25, 0.3) is 0 Å². The molecule has 0 aromatic rings. The molecule has 0 aromatic heterocycles. The minimum Gasteiger partial charge on any atom is -0.377 e. The van der Waals surface area contributed by atoms with Crippen LogP contribution in [0.2, 0.25) is 0 Å². The SMILES string of the molecule is CCCCOC(C)C(CC)NCCC. The Morgan fingerprint density at radius 3 is 2.36 bits per heavy atom. The Kier molecular flexibility index (Phi) is 9.42. The minimum absolute atomic E-state index is 0.345. The van der Waals surface area contributed by atoms with Gasteiger partial charge in [0, 0.05) is 12.6 Å². The maximum absolute atomic E-state index is 5.77. The minimum atomic E-state index is 0.345. The van der Waals surface area contributed by atoms with E-state index in [0.29, 0.717) is 12.1 Å². The summed E-state index contributed by atoms with van der Waals surface area (Å²) in [6, 6.07) is 0.520. The third-order valence-corrected chi connectivity index (χ3v) is 2.54. The van der Waals surface area contributed by atoms with Gasteiger partial charge < -0.3 is 10.1 Å². The molecule has 2 atom stereocenters. The second-order valence-electron chi connectivity index (χ2n) is 3.90. The normalized spacial score (nSPS) is 15.4. The Morgan fingerprint density at radius 1 is 1.14 bits per heavy atom. The third kappa shape index (κ3) is 6.39. The van der Waals surface area contributed by atoms with Crippen molar-refractivity contribution in [2.75, 3.05) is 13.2 Å². The third-order valence-electron chi connectivity index (χ3n) is 2.54. The molecule has 2 unspecified atom stereocenters. The van der Waals surface area contributed by atoms with Crippen molar-refractivity contribution in [3.8, 4) is 0 Å². The van der Waals surface area contributed by atoms with Crippen molar-refractivity contribution in [3.05, 3.63) is 0 Å². The average molecular weight is 201 g/mol. The quantitative estimate of drug-likeness (QED) is 0.579. The molecule has 0 rings (SSSR count). The zero-order valence-electron chi connectivity index (χ0n) is 10.3. The van der Waals surface area contributed by atoms with Gasteiger partial charge in [-0.3, -0.25) is 0 Å². The molecule has 1 N–H and O–H groups in total. The standard InChI is InChI=1S/C12H27NO/c1-5-8-10-14-11(4)12(7-3)13-9-6-2/h11-13H,5-10H2,1-4H3. The fourth-order valence-electron chi connectivity index (χ4n) is 1.50. The van der Waals surface area contributed by atoms with E-state index < -0.39 is 0 Å². The lowest BCUT2D eigenvalue weighted by atomic mass is 10.1. The smallest absolute Gasteiger partial charge is 0.0699 e.